The van der Waals surface area contributed by atoms with Crippen molar-refractivity contribution in [2.24, 2.45) is 5.92 Å². The van der Waals surface area contributed by atoms with Crippen LogP contribution in [0.2, 0.25) is 0 Å². The highest BCUT2D eigenvalue weighted by Gasteiger charge is 2.13. The van der Waals surface area contributed by atoms with Gasteiger partial charge < -0.3 is 4.57 Å². The van der Waals surface area contributed by atoms with Gasteiger partial charge in [-0.25, -0.2) is 9.97 Å². The lowest BCUT2D eigenvalue weighted by Crippen LogP contribution is -2.09. The Morgan fingerprint density at radius 2 is 1.86 bits per heavy atom. The Bertz CT molecular complexity index is 739. The summed E-state index contributed by atoms with van der Waals surface area (Å²) in [6.45, 7) is 7.52. The Kier molecular flexibility index (Phi) is 3.74. The fourth-order valence-electron chi connectivity index (χ4n) is 2.59. The van der Waals surface area contributed by atoms with E-state index in [0.29, 0.717) is 5.92 Å². The minimum Gasteiger partial charge on any atom is -0.312 e. The molecule has 0 N–H and O–H groups in total. The molecule has 0 atom stereocenters. The lowest BCUT2D eigenvalue weighted by molar-refractivity contribution is 0.518. The fraction of sp³-hybridized carbons (Fsp3) is 0.333. The van der Waals surface area contributed by atoms with Crippen LogP contribution < -0.4 is 0 Å². The highest BCUT2D eigenvalue weighted by Crippen LogP contribution is 2.18. The predicted molar refractivity (Wildman–Crippen MR) is 86.4 cm³/mol. The minimum absolute atomic E-state index is 0.571. The summed E-state index contributed by atoms with van der Waals surface area (Å²) in [6.07, 6.45) is 2.69. The summed E-state index contributed by atoms with van der Waals surface area (Å²) in [6, 6.07) is 12.7. The Balaban J connectivity index is 2.02. The van der Waals surface area contributed by atoms with Gasteiger partial charge in [0.25, 0.3) is 0 Å². The lowest BCUT2D eigenvalue weighted by Gasteiger charge is -2.11. The van der Waals surface area contributed by atoms with Crippen LogP contribution >= 0.6 is 0 Å². The van der Waals surface area contributed by atoms with Crippen molar-refractivity contribution in [2.45, 2.75) is 33.7 Å². The molecule has 0 spiro atoms. The zero-order chi connectivity index (χ0) is 14.8. The van der Waals surface area contributed by atoms with Gasteiger partial charge in [-0.05, 0) is 30.5 Å². The Morgan fingerprint density at radius 3 is 2.57 bits per heavy atom. The zero-order valence-corrected chi connectivity index (χ0v) is 12.9. The summed E-state index contributed by atoms with van der Waals surface area (Å²) in [5.74, 6) is 1.67. The van der Waals surface area contributed by atoms with Crippen molar-refractivity contribution in [3.63, 3.8) is 0 Å². The Morgan fingerprint density at radius 1 is 1.10 bits per heavy atom. The highest BCUT2D eigenvalue weighted by molar-refractivity contribution is 5.71. The molecule has 3 heteroatoms. The van der Waals surface area contributed by atoms with Gasteiger partial charge in [0.2, 0.25) is 0 Å². The molecular weight excluding hydrogens is 258 g/mol. The second-order valence-electron chi connectivity index (χ2n) is 6.04. The van der Waals surface area contributed by atoms with Crippen LogP contribution in [0.1, 0.15) is 30.8 Å². The van der Waals surface area contributed by atoms with Gasteiger partial charge in [-0.3, -0.25) is 0 Å². The largest absolute Gasteiger partial charge is 0.312 e. The first-order valence-corrected chi connectivity index (χ1v) is 7.49. The summed E-state index contributed by atoms with van der Waals surface area (Å²) in [4.78, 5) is 9.29. The van der Waals surface area contributed by atoms with Crippen LogP contribution in [0.15, 0.2) is 42.6 Å². The van der Waals surface area contributed by atoms with Gasteiger partial charge in [-0.1, -0.05) is 43.7 Å². The molecule has 0 saturated heterocycles. The molecule has 0 fully saturated rings. The molecule has 3 aromatic rings. The molecule has 0 amide bonds. The van der Waals surface area contributed by atoms with Crippen molar-refractivity contribution in [2.75, 3.05) is 0 Å². The summed E-state index contributed by atoms with van der Waals surface area (Å²) >= 11 is 0. The van der Waals surface area contributed by atoms with E-state index >= 15 is 0 Å². The van der Waals surface area contributed by atoms with Crippen molar-refractivity contribution >= 4 is 11.2 Å². The van der Waals surface area contributed by atoms with Gasteiger partial charge in [0.05, 0.1) is 0 Å². The third kappa shape index (κ3) is 2.97. The summed E-state index contributed by atoms with van der Waals surface area (Å²) in [5.41, 5.74) is 4.56. The fourth-order valence-corrected chi connectivity index (χ4v) is 2.59. The maximum absolute atomic E-state index is 4.78. The third-order valence-corrected chi connectivity index (χ3v) is 3.61. The zero-order valence-electron chi connectivity index (χ0n) is 12.9. The van der Waals surface area contributed by atoms with Crippen molar-refractivity contribution in [3.8, 4) is 0 Å². The van der Waals surface area contributed by atoms with Gasteiger partial charge in [0.15, 0.2) is 5.65 Å². The molecule has 2 aromatic heterocycles. The molecule has 3 rings (SSSR count). The number of aryl methyl sites for hydroxylation is 1. The van der Waals surface area contributed by atoms with E-state index in [4.69, 9.17) is 4.98 Å². The topological polar surface area (TPSA) is 30.7 Å². The molecule has 21 heavy (non-hydrogen) atoms. The number of fused-ring (bicyclic) bond motifs is 1. The van der Waals surface area contributed by atoms with Crippen LogP contribution in [-0.2, 0) is 13.0 Å². The molecule has 0 aliphatic heterocycles. The minimum atomic E-state index is 0.571. The maximum atomic E-state index is 4.78. The average molecular weight is 279 g/mol. The number of nitrogens with zero attached hydrogens (tertiary/aromatic N) is 3. The second-order valence-corrected chi connectivity index (χ2v) is 6.04. The van der Waals surface area contributed by atoms with Crippen molar-refractivity contribution in [1.82, 2.24) is 14.5 Å². The molecule has 0 aliphatic carbocycles. The van der Waals surface area contributed by atoms with Crippen LogP contribution in [0.25, 0.3) is 11.2 Å². The first-order valence-electron chi connectivity index (χ1n) is 7.49. The molecule has 108 valence electrons. The molecule has 0 bridgehead atoms. The molecule has 0 unspecified atom stereocenters. The standard InChI is InChI=1S/C18H21N3/c1-13(2)12-21-17(11-15-8-6-14(3)7-9-15)20-16-5-4-10-19-18(16)21/h4-10,13H,11-12H2,1-3H3. The number of pyridine rings is 1. The van der Waals surface area contributed by atoms with Crippen LogP contribution in [0.5, 0.6) is 0 Å². The molecule has 3 nitrogen and oxygen atoms in total. The van der Waals surface area contributed by atoms with E-state index in [9.17, 15) is 0 Å². The molecular formula is C18H21N3. The highest BCUT2D eigenvalue weighted by atomic mass is 15.1. The van der Waals surface area contributed by atoms with E-state index in [2.05, 4.69) is 54.6 Å². The average Bonchev–Trinajstić information content (AvgIpc) is 2.79. The van der Waals surface area contributed by atoms with E-state index in [-0.39, 0.29) is 0 Å². The molecule has 0 radical (unpaired) electrons. The van der Waals surface area contributed by atoms with Crippen LogP contribution in [-0.4, -0.2) is 14.5 Å². The van der Waals surface area contributed by atoms with Gasteiger partial charge in [-0.15, -0.1) is 0 Å². The van der Waals surface area contributed by atoms with E-state index in [1.807, 2.05) is 18.3 Å². The monoisotopic (exact) mass is 279 g/mol. The summed E-state index contributed by atoms with van der Waals surface area (Å²) < 4.78 is 2.26. The normalized spacial score (nSPS) is 11.4. The number of imidazole rings is 1. The van der Waals surface area contributed by atoms with E-state index in [1.54, 1.807) is 0 Å². The lowest BCUT2D eigenvalue weighted by atomic mass is 10.1. The van der Waals surface area contributed by atoms with E-state index < -0.39 is 0 Å². The summed E-state index contributed by atoms with van der Waals surface area (Å²) in [7, 11) is 0. The third-order valence-electron chi connectivity index (χ3n) is 3.61. The van der Waals surface area contributed by atoms with Gasteiger partial charge in [-0.2, -0.15) is 0 Å². The van der Waals surface area contributed by atoms with Crippen molar-refractivity contribution in [1.29, 1.82) is 0 Å². The number of hydrogen-bond acceptors (Lipinski definition) is 2. The summed E-state index contributed by atoms with van der Waals surface area (Å²) in [5, 5.41) is 0. The van der Waals surface area contributed by atoms with Gasteiger partial charge >= 0.3 is 0 Å². The van der Waals surface area contributed by atoms with E-state index in [1.165, 1.54) is 11.1 Å². The van der Waals surface area contributed by atoms with E-state index in [0.717, 1.165) is 30.0 Å². The van der Waals surface area contributed by atoms with Crippen molar-refractivity contribution in [3.05, 3.63) is 59.5 Å². The molecule has 1 aromatic carbocycles. The number of rotatable bonds is 4. The predicted octanol–water partition coefficient (Wildman–Crippen LogP) is 3.99. The number of hydrogen-bond donors (Lipinski definition) is 0. The quantitative estimate of drug-likeness (QED) is 0.723. The van der Waals surface area contributed by atoms with Crippen LogP contribution in [0, 0.1) is 12.8 Å². The molecule has 2 heterocycles. The van der Waals surface area contributed by atoms with Gasteiger partial charge in [0, 0.05) is 19.2 Å². The van der Waals surface area contributed by atoms with Crippen LogP contribution in [0.3, 0.4) is 0 Å². The second kappa shape index (κ2) is 5.68. The number of benzene rings is 1. The van der Waals surface area contributed by atoms with Crippen LogP contribution in [0.4, 0.5) is 0 Å². The maximum Gasteiger partial charge on any atom is 0.160 e. The van der Waals surface area contributed by atoms with Crippen molar-refractivity contribution < 1.29 is 0 Å². The first-order chi connectivity index (χ1) is 10.1. The smallest absolute Gasteiger partial charge is 0.160 e. The number of aromatic nitrogens is 3. The Labute approximate surface area is 125 Å². The first kappa shape index (κ1) is 13.8. The van der Waals surface area contributed by atoms with Gasteiger partial charge in [0.1, 0.15) is 11.3 Å². The SMILES string of the molecule is Cc1ccc(Cc2nc3cccnc3n2CC(C)C)cc1. The molecule has 0 saturated carbocycles. The molecule has 0 aliphatic rings. The Hall–Kier alpha value is -2.16.